The van der Waals surface area contributed by atoms with Crippen LogP contribution in [0.3, 0.4) is 0 Å². The Morgan fingerprint density at radius 1 is 1.12 bits per heavy atom. The largest absolute Gasteiger partial charge is 0.478 e. The van der Waals surface area contributed by atoms with Gasteiger partial charge in [0, 0.05) is 24.0 Å². The Hall–Kier alpha value is -1.95. The van der Waals surface area contributed by atoms with Gasteiger partial charge in [0.05, 0.1) is 18.3 Å². The number of pyridine rings is 1. The third-order valence-corrected chi connectivity index (χ3v) is 4.69. The molecule has 2 aromatic rings. The summed E-state index contributed by atoms with van der Waals surface area (Å²) in [6.07, 6.45) is 12.1. The SMILES string of the molecule is CN(C)CCCOc1cc2c(NC3CCCCCC3)ncnc2cn1. The van der Waals surface area contributed by atoms with Crippen LogP contribution in [0.2, 0.25) is 0 Å². The van der Waals surface area contributed by atoms with E-state index >= 15 is 0 Å². The lowest BCUT2D eigenvalue weighted by Gasteiger charge is -2.18. The van der Waals surface area contributed by atoms with Gasteiger partial charge in [0.15, 0.2) is 0 Å². The maximum atomic E-state index is 5.81. The van der Waals surface area contributed by atoms with E-state index in [1.54, 1.807) is 12.5 Å². The van der Waals surface area contributed by atoms with Crippen molar-refractivity contribution >= 4 is 16.7 Å². The predicted molar refractivity (Wildman–Crippen MR) is 101 cm³/mol. The first-order valence-corrected chi connectivity index (χ1v) is 9.37. The molecule has 0 saturated heterocycles. The summed E-state index contributed by atoms with van der Waals surface area (Å²) < 4.78 is 5.81. The van der Waals surface area contributed by atoms with Crippen LogP contribution in [-0.2, 0) is 0 Å². The first kappa shape index (κ1) is 17.9. The van der Waals surface area contributed by atoms with E-state index < -0.39 is 0 Å². The first-order valence-electron chi connectivity index (χ1n) is 9.37. The Morgan fingerprint density at radius 3 is 2.68 bits per heavy atom. The van der Waals surface area contributed by atoms with Crippen molar-refractivity contribution < 1.29 is 4.74 Å². The summed E-state index contributed by atoms with van der Waals surface area (Å²) >= 11 is 0. The number of nitrogens with zero attached hydrogens (tertiary/aromatic N) is 4. The highest BCUT2D eigenvalue weighted by Gasteiger charge is 2.14. The van der Waals surface area contributed by atoms with E-state index in [0.717, 1.165) is 29.7 Å². The fourth-order valence-electron chi connectivity index (χ4n) is 3.31. The molecule has 136 valence electrons. The van der Waals surface area contributed by atoms with Gasteiger partial charge >= 0.3 is 0 Å². The molecule has 1 aliphatic rings. The Morgan fingerprint density at radius 2 is 1.92 bits per heavy atom. The van der Waals surface area contributed by atoms with E-state index in [2.05, 4.69) is 39.3 Å². The smallest absolute Gasteiger partial charge is 0.214 e. The summed E-state index contributed by atoms with van der Waals surface area (Å²) in [5.74, 6) is 1.54. The predicted octanol–water partition coefficient (Wildman–Crippen LogP) is 3.49. The zero-order chi connectivity index (χ0) is 17.5. The standard InChI is InChI=1S/C19H29N5O/c1-24(2)10-7-11-25-18-12-16-17(13-20-18)21-14-22-19(16)23-15-8-5-3-4-6-9-15/h12-15H,3-11H2,1-2H3,(H,21,22,23). The highest BCUT2D eigenvalue weighted by molar-refractivity contribution is 5.89. The number of aromatic nitrogens is 3. The van der Waals surface area contributed by atoms with Gasteiger partial charge in [-0.05, 0) is 33.4 Å². The monoisotopic (exact) mass is 343 g/mol. The van der Waals surface area contributed by atoms with Crippen molar-refractivity contribution in [3.63, 3.8) is 0 Å². The van der Waals surface area contributed by atoms with Gasteiger partial charge in [-0.2, -0.15) is 0 Å². The van der Waals surface area contributed by atoms with Gasteiger partial charge in [0.1, 0.15) is 12.1 Å². The van der Waals surface area contributed by atoms with Gasteiger partial charge in [-0.15, -0.1) is 0 Å². The molecule has 6 nitrogen and oxygen atoms in total. The van der Waals surface area contributed by atoms with E-state index in [0.29, 0.717) is 18.5 Å². The average Bonchev–Trinajstić information content (AvgIpc) is 2.88. The maximum Gasteiger partial charge on any atom is 0.214 e. The third kappa shape index (κ3) is 5.26. The molecule has 1 saturated carbocycles. The number of anilines is 1. The molecule has 1 aliphatic carbocycles. The lowest BCUT2D eigenvalue weighted by molar-refractivity contribution is 0.273. The molecular weight excluding hydrogens is 314 g/mol. The summed E-state index contributed by atoms with van der Waals surface area (Å²) in [5, 5.41) is 4.62. The third-order valence-electron chi connectivity index (χ3n) is 4.69. The van der Waals surface area contributed by atoms with E-state index in [9.17, 15) is 0 Å². The second kappa shape index (κ2) is 8.94. The highest BCUT2D eigenvalue weighted by Crippen LogP contribution is 2.26. The van der Waals surface area contributed by atoms with Crippen LogP contribution < -0.4 is 10.1 Å². The summed E-state index contributed by atoms with van der Waals surface area (Å²) in [6, 6.07) is 2.46. The van der Waals surface area contributed by atoms with E-state index in [1.807, 2.05) is 6.07 Å². The zero-order valence-electron chi connectivity index (χ0n) is 15.4. The van der Waals surface area contributed by atoms with Crippen molar-refractivity contribution in [3.8, 4) is 5.88 Å². The Kier molecular flexibility index (Phi) is 6.39. The van der Waals surface area contributed by atoms with Crippen LogP contribution in [0, 0.1) is 0 Å². The fraction of sp³-hybridized carbons (Fsp3) is 0.632. The number of hydrogen-bond acceptors (Lipinski definition) is 6. The van der Waals surface area contributed by atoms with Crippen LogP contribution in [0.5, 0.6) is 5.88 Å². The molecule has 3 rings (SSSR count). The van der Waals surface area contributed by atoms with Gasteiger partial charge in [-0.25, -0.2) is 15.0 Å². The van der Waals surface area contributed by atoms with Crippen LogP contribution in [-0.4, -0.2) is 53.1 Å². The number of ether oxygens (including phenoxy) is 1. The molecule has 1 fully saturated rings. The normalized spacial score (nSPS) is 16.1. The Balaban J connectivity index is 1.70. The second-order valence-corrected chi connectivity index (χ2v) is 7.10. The number of nitrogens with one attached hydrogen (secondary N) is 1. The van der Waals surface area contributed by atoms with Crippen molar-refractivity contribution in [1.82, 2.24) is 19.9 Å². The number of hydrogen-bond donors (Lipinski definition) is 1. The Labute approximate surface area is 150 Å². The molecule has 0 radical (unpaired) electrons. The van der Waals surface area contributed by atoms with Crippen LogP contribution in [0.15, 0.2) is 18.6 Å². The lowest BCUT2D eigenvalue weighted by atomic mass is 10.1. The molecule has 0 bridgehead atoms. The summed E-state index contributed by atoms with van der Waals surface area (Å²) in [7, 11) is 4.13. The van der Waals surface area contributed by atoms with Crippen LogP contribution in [0.25, 0.3) is 10.9 Å². The van der Waals surface area contributed by atoms with Crippen LogP contribution in [0.1, 0.15) is 44.9 Å². The van der Waals surface area contributed by atoms with E-state index in [-0.39, 0.29) is 0 Å². The van der Waals surface area contributed by atoms with Crippen LogP contribution >= 0.6 is 0 Å². The molecule has 0 aliphatic heterocycles. The second-order valence-electron chi connectivity index (χ2n) is 7.10. The minimum absolute atomic E-state index is 0.498. The van der Waals surface area contributed by atoms with Crippen molar-refractivity contribution in [3.05, 3.63) is 18.6 Å². The molecule has 6 heteroatoms. The quantitative estimate of drug-likeness (QED) is 0.613. The van der Waals surface area contributed by atoms with E-state index in [1.165, 1.54) is 38.5 Å². The number of rotatable bonds is 7. The number of fused-ring (bicyclic) bond motifs is 1. The molecule has 2 heterocycles. The van der Waals surface area contributed by atoms with Gasteiger partial charge in [-0.1, -0.05) is 25.7 Å². The Bertz CT molecular complexity index is 668. The molecule has 0 amide bonds. The van der Waals surface area contributed by atoms with Gasteiger partial charge in [0.25, 0.3) is 0 Å². The topological polar surface area (TPSA) is 63.2 Å². The molecule has 1 N–H and O–H groups in total. The van der Waals surface area contributed by atoms with Gasteiger partial charge in [-0.3, -0.25) is 0 Å². The molecular formula is C19H29N5O. The molecule has 0 atom stereocenters. The zero-order valence-corrected chi connectivity index (χ0v) is 15.4. The molecule has 0 spiro atoms. The van der Waals surface area contributed by atoms with Crippen LogP contribution in [0.4, 0.5) is 5.82 Å². The molecule has 0 unspecified atom stereocenters. The summed E-state index contributed by atoms with van der Waals surface area (Å²) in [5.41, 5.74) is 0.853. The minimum Gasteiger partial charge on any atom is -0.478 e. The lowest BCUT2D eigenvalue weighted by Crippen LogP contribution is -2.19. The van der Waals surface area contributed by atoms with Crippen molar-refractivity contribution in [2.45, 2.75) is 51.0 Å². The molecule has 2 aromatic heterocycles. The first-order chi connectivity index (χ1) is 12.2. The van der Waals surface area contributed by atoms with Crippen molar-refractivity contribution in [2.75, 3.05) is 32.6 Å². The molecule has 25 heavy (non-hydrogen) atoms. The van der Waals surface area contributed by atoms with Gasteiger partial charge < -0.3 is 15.0 Å². The molecule has 0 aromatic carbocycles. The average molecular weight is 343 g/mol. The maximum absolute atomic E-state index is 5.81. The van der Waals surface area contributed by atoms with Crippen molar-refractivity contribution in [2.24, 2.45) is 0 Å². The van der Waals surface area contributed by atoms with Gasteiger partial charge in [0.2, 0.25) is 5.88 Å². The van der Waals surface area contributed by atoms with E-state index in [4.69, 9.17) is 4.74 Å². The van der Waals surface area contributed by atoms with Crippen molar-refractivity contribution in [1.29, 1.82) is 0 Å². The highest BCUT2D eigenvalue weighted by atomic mass is 16.5. The summed E-state index contributed by atoms with van der Waals surface area (Å²) in [6.45, 7) is 1.67. The fourth-order valence-corrected chi connectivity index (χ4v) is 3.31. The summed E-state index contributed by atoms with van der Waals surface area (Å²) in [4.78, 5) is 15.3. The minimum atomic E-state index is 0.498.